The van der Waals surface area contributed by atoms with Gasteiger partial charge in [-0.15, -0.1) is 23.5 Å². The van der Waals surface area contributed by atoms with Crippen LogP contribution >= 0.6 is 55.4 Å². The van der Waals surface area contributed by atoms with E-state index >= 15 is 0 Å². The Morgan fingerprint density at radius 3 is 1.48 bits per heavy atom. The van der Waals surface area contributed by atoms with Crippen LogP contribution in [0.1, 0.15) is 0 Å². The lowest BCUT2D eigenvalue weighted by Crippen LogP contribution is -2.35. The van der Waals surface area contributed by atoms with E-state index in [0.29, 0.717) is 11.5 Å². The van der Waals surface area contributed by atoms with Crippen LogP contribution in [0.3, 0.4) is 0 Å². The first kappa shape index (κ1) is 19.3. The Bertz CT molecular complexity index is 582. The molecule has 2 rings (SSSR count). The lowest BCUT2D eigenvalue weighted by atomic mass is 9.96. The van der Waals surface area contributed by atoms with E-state index in [-0.39, 0.29) is 13.2 Å². The third kappa shape index (κ3) is 5.51. The summed E-state index contributed by atoms with van der Waals surface area (Å²) in [7, 11) is 0. The molecule has 2 nitrogen and oxygen atoms in total. The zero-order valence-electron chi connectivity index (χ0n) is 12.4. The molecule has 0 saturated carbocycles. The maximum Gasteiger partial charge on any atom is 0.0525 e. The number of hydrogen-bond donors (Lipinski definition) is 2. The van der Waals surface area contributed by atoms with E-state index in [1.165, 1.54) is 0 Å². The molecule has 6 heteroatoms. The van der Waals surface area contributed by atoms with Crippen molar-refractivity contribution in [1.82, 2.24) is 0 Å². The first-order chi connectivity index (χ1) is 11.1. The van der Waals surface area contributed by atoms with Crippen molar-refractivity contribution >= 4 is 55.4 Å². The van der Waals surface area contributed by atoms with Crippen LogP contribution < -0.4 is 0 Å². The second-order valence-electron chi connectivity index (χ2n) is 5.25. The molecule has 0 fully saturated rings. The number of thioether (sulfide) groups is 2. The molecule has 23 heavy (non-hydrogen) atoms. The molecule has 0 aliphatic rings. The Labute approximate surface area is 162 Å². The molecule has 2 aromatic rings. The Kier molecular flexibility index (Phi) is 7.98. The van der Waals surface area contributed by atoms with Gasteiger partial charge >= 0.3 is 0 Å². The predicted octanol–water partition coefficient (Wildman–Crippen LogP) is 5.07. The Balaban J connectivity index is 2.04. The lowest BCUT2D eigenvalue weighted by Gasteiger charge is -2.29. The van der Waals surface area contributed by atoms with Gasteiger partial charge in [-0.3, -0.25) is 0 Å². The van der Waals surface area contributed by atoms with Crippen LogP contribution in [0.25, 0.3) is 0 Å². The van der Waals surface area contributed by atoms with Crippen molar-refractivity contribution in [3.8, 4) is 0 Å². The standard InChI is InChI=1S/C17H18Br2O2S2/c18-13-5-1-3-7-15(13)22-11-17(9-20,10-21)12-23-16-8-4-2-6-14(16)19/h1-8,20-21H,9-12H2. The van der Waals surface area contributed by atoms with E-state index in [1.54, 1.807) is 23.5 Å². The van der Waals surface area contributed by atoms with Gasteiger partial charge in [0, 0.05) is 35.7 Å². The molecular weight excluding hydrogens is 460 g/mol. The number of aliphatic hydroxyl groups is 2. The van der Waals surface area contributed by atoms with Crippen molar-refractivity contribution in [3.63, 3.8) is 0 Å². The summed E-state index contributed by atoms with van der Waals surface area (Å²) in [6, 6.07) is 16.0. The highest BCUT2D eigenvalue weighted by Crippen LogP contribution is 2.37. The first-order valence-electron chi connectivity index (χ1n) is 7.06. The summed E-state index contributed by atoms with van der Waals surface area (Å²) in [5, 5.41) is 19.7. The van der Waals surface area contributed by atoms with E-state index in [1.807, 2.05) is 48.5 Å². The smallest absolute Gasteiger partial charge is 0.0525 e. The largest absolute Gasteiger partial charge is 0.396 e. The van der Waals surface area contributed by atoms with Crippen molar-refractivity contribution in [3.05, 3.63) is 57.5 Å². The van der Waals surface area contributed by atoms with Gasteiger partial charge in [-0.2, -0.15) is 0 Å². The molecule has 0 aliphatic heterocycles. The normalized spacial score (nSPS) is 11.7. The van der Waals surface area contributed by atoms with Gasteiger partial charge in [0.15, 0.2) is 0 Å². The van der Waals surface area contributed by atoms with Crippen LogP contribution in [0.4, 0.5) is 0 Å². The number of hydrogen-bond acceptors (Lipinski definition) is 4. The molecule has 0 heterocycles. The van der Waals surface area contributed by atoms with Gasteiger partial charge in [-0.25, -0.2) is 0 Å². The maximum atomic E-state index is 9.86. The molecule has 0 saturated heterocycles. The third-order valence-electron chi connectivity index (χ3n) is 3.41. The van der Waals surface area contributed by atoms with Crippen molar-refractivity contribution in [2.24, 2.45) is 5.41 Å². The SMILES string of the molecule is OCC(CO)(CSc1ccccc1Br)CSc1ccccc1Br. The van der Waals surface area contributed by atoms with E-state index in [2.05, 4.69) is 31.9 Å². The van der Waals surface area contributed by atoms with Gasteiger partial charge in [0.25, 0.3) is 0 Å². The minimum absolute atomic E-state index is 0.0432. The highest BCUT2D eigenvalue weighted by atomic mass is 79.9. The van der Waals surface area contributed by atoms with Crippen molar-refractivity contribution < 1.29 is 10.2 Å². The fraction of sp³-hybridized carbons (Fsp3) is 0.294. The Morgan fingerprint density at radius 1 is 0.739 bits per heavy atom. The molecule has 0 unspecified atom stereocenters. The summed E-state index contributed by atoms with van der Waals surface area (Å²) in [5.41, 5.74) is -0.528. The molecule has 0 bridgehead atoms. The average Bonchev–Trinajstić information content (AvgIpc) is 2.58. The van der Waals surface area contributed by atoms with Gasteiger partial charge in [-0.1, -0.05) is 24.3 Å². The summed E-state index contributed by atoms with van der Waals surface area (Å²) >= 11 is 10.4. The molecular formula is C17H18Br2O2S2. The Morgan fingerprint density at radius 2 is 1.13 bits per heavy atom. The number of rotatable bonds is 8. The fourth-order valence-corrected chi connectivity index (χ4v) is 5.50. The molecule has 0 aromatic heterocycles. The molecule has 0 aliphatic carbocycles. The summed E-state index contributed by atoms with van der Waals surface area (Å²) in [5.74, 6) is 1.31. The van der Waals surface area contributed by atoms with E-state index in [4.69, 9.17) is 0 Å². The van der Waals surface area contributed by atoms with Crippen LogP contribution in [-0.2, 0) is 0 Å². The van der Waals surface area contributed by atoms with Crippen LogP contribution in [0, 0.1) is 5.41 Å². The van der Waals surface area contributed by atoms with Crippen molar-refractivity contribution in [2.45, 2.75) is 9.79 Å². The molecule has 2 N–H and O–H groups in total. The zero-order valence-corrected chi connectivity index (χ0v) is 17.2. The van der Waals surface area contributed by atoms with Crippen LogP contribution in [-0.4, -0.2) is 34.9 Å². The van der Waals surface area contributed by atoms with E-state index < -0.39 is 5.41 Å². The highest BCUT2D eigenvalue weighted by Gasteiger charge is 2.30. The van der Waals surface area contributed by atoms with Crippen LogP contribution in [0.2, 0.25) is 0 Å². The van der Waals surface area contributed by atoms with Gasteiger partial charge in [0.2, 0.25) is 0 Å². The number of aliphatic hydroxyl groups excluding tert-OH is 2. The first-order valence-corrected chi connectivity index (χ1v) is 10.6. The summed E-state index contributed by atoms with van der Waals surface area (Å²) in [6.45, 7) is -0.0865. The minimum Gasteiger partial charge on any atom is -0.396 e. The second kappa shape index (κ2) is 9.49. The molecule has 2 aromatic carbocycles. The quantitative estimate of drug-likeness (QED) is 0.521. The van der Waals surface area contributed by atoms with Gasteiger partial charge in [0.1, 0.15) is 0 Å². The fourth-order valence-electron chi connectivity index (χ4n) is 1.86. The van der Waals surface area contributed by atoms with Gasteiger partial charge < -0.3 is 10.2 Å². The maximum absolute atomic E-state index is 9.86. The second-order valence-corrected chi connectivity index (χ2v) is 9.00. The van der Waals surface area contributed by atoms with E-state index in [9.17, 15) is 10.2 Å². The molecule has 0 amide bonds. The van der Waals surface area contributed by atoms with Gasteiger partial charge in [0.05, 0.1) is 13.2 Å². The molecule has 0 atom stereocenters. The Hall–Kier alpha value is 0.0200. The molecule has 0 radical (unpaired) electrons. The summed E-state index contributed by atoms with van der Waals surface area (Å²) < 4.78 is 2.07. The predicted molar refractivity (Wildman–Crippen MR) is 106 cm³/mol. The van der Waals surface area contributed by atoms with Crippen molar-refractivity contribution in [2.75, 3.05) is 24.7 Å². The number of benzene rings is 2. The molecule has 0 spiro atoms. The monoisotopic (exact) mass is 476 g/mol. The highest BCUT2D eigenvalue weighted by molar-refractivity contribution is 9.10. The lowest BCUT2D eigenvalue weighted by molar-refractivity contribution is 0.0933. The van der Waals surface area contributed by atoms with Crippen LogP contribution in [0.15, 0.2) is 67.3 Å². The van der Waals surface area contributed by atoms with E-state index in [0.717, 1.165) is 18.7 Å². The topological polar surface area (TPSA) is 40.5 Å². The summed E-state index contributed by atoms with van der Waals surface area (Å²) in [4.78, 5) is 2.23. The third-order valence-corrected chi connectivity index (χ3v) is 8.17. The number of halogens is 2. The van der Waals surface area contributed by atoms with Gasteiger partial charge in [-0.05, 0) is 56.1 Å². The molecule has 124 valence electrons. The average molecular weight is 478 g/mol. The zero-order chi connectivity index (χ0) is 16.7. The minimum atomic E-state index is -0.528. The van der Waals surface area contributed by atoms with Crippen molar-refractivity contribution in [1.29, 1.82) is 0 Å². The summed E-state index contributed by atoms with van der Waals surface area (Å²) in [6.07, 6.45) is 0. The van der Waals surface area contributed by atoms with Crippen LogP contribution in [0.5, 0.6) is 0 Å².